The van der Waals surface area contributed by atoms with Crippen molar-refractivity contribution in [1.82, 2.24) is 4.98 Å². The van der Waals surface area contributed by atoms with E-state index in [1.165, 1.54) is 5.56 Å². The van der Waals surface area contributed by atoms with Gasteiger partial charge in [-0.1, -0.05) is 72.8 Å². The van der Waals surface area contributed by atoms with Crippen LogP contribution in [0.2, 0.25) is 0 Å². The van der Waals surface area contributed by atoms with Crippen LogP contribution in [0.15, 0.2) is 108 Å². The summed E-state index contributed by atoms with van der Waals surface area (Å²) in [6.45, 7) is 2.83. The first-order valence-corrected chi connectivity index (χ1v) is 14.9. The zero-order chi connectivity index (χ0) is 32.3. The van der Waals surface area contributed by atoms with Gasteiger partial charge in [-0.25, -0.2) is 0 Å². The maximum Gasteiger partial charge on any atom is 0.437 e. The predicted octanol–water partition coefficient (Wildman–Crippen LogP) is 8.56. The van der Waals surface area contributed by atoms with Gasteiger partial charge in [0.25, 0.3) is 17.8 Å². The van der Waals surface area contributed by atoms with E-state index >= 15 is 0 Å². The summed E-state index contributed by atoms with van der Waals surface area (Å²) in [4.78, 5) is 31.1. The Labute approximate surface area is 264 Å². The Balaban J connectivity index is 1.11. The van der Waals surface area contributed by atoms with Gasteiger partial charge in [0.2, 0.25) is 5.76 Å². The molecule has 1 saturated heterocycles. The molecule has 1 aliphatic heterocycles. The van der Waals surface area contributed by atoms with Crippen molar-refractivity contribution in [1.29, 1.82) is 0 Å². The monoisotopic (exact) mass is 624 g/mol. The Morgan fingerprint density at radius 2 is 1.39 bits per heavy atom. The minimum atomic E-state index is -4.87. The van der Waals surface area contributed by atoms with Crippen molar-refractivity contribution in [3.63, 3.8) is 0 Å². The number of halogens is 3. The Hall–Kier alpha value is -5.38. The van der Waals surface area contributed by atoms with Gasteiger partial charge in [-0.05, 0) is 78.3 Å². The molecule has 6 rings (SSSR count). The summed E-state index contributed by atoms with van der Waals surface area (Å²) in [6.07, 6.45) is -3.42. The smallest absolute Gasteiger partial charge is 0.417 e. The second kappa shape index (κ2) is 12.9. The first-order chi connectivity index (χ1) is 22.2. The van der Waals surface area contributed by atoms with E-state index in [9.17, 15) is 22.8 Å². The highest BCUT2D eigenvalue weighted by Gasteiger charge is 2.42. The highest BCUT2D eigenvalue weighted by Crippen LogP contribution is 2.36. The van der Waals surface area contributed by atoms with Gasteiger partial charge in [0.15, 0.2) is 5.69 Å². The number of alkyl halides is 3. The molecule has 0 radical (unpaired) electrons. The van der Waals surface area contributed by atoms with Crippen LogP contribution in [0.25, 0.3) is 11.1 Å². The molecule has 10 heteroatoms. The molecular formula is C36H31F3N4O3. The van der Waals surface area contributed by atoms with Crippen LogP contribution in [-0.4, -0.2) is 29.9 Å². The SMILES string of the molecule is Cc1ccccc1NC(=O)c1ccc(-c2ccc(NC(=O)c3oc(N4CCC(c5ccccc5)CC4)nc3C(F)(F)F)cc2)cc1. The summed E-state index contributed by atoms with van der Waals surface area (Å²) in [5.41, 5.74) is 3.92. The lowest BCUT2D eigenvalue weighted by Crippen LogP contribution is -2.33. The Morgan fingerprint density at radius 1 is 0.783 bits per heavy atom. The number of hydrogen-bond acceptors (Lipinski definition) is 5. The lowest BCUT2D eigenvalue weighted by Gasteiger charge is -2.31. The number of amides is 2. The van der Waals surface area contributed by atoms with Gasteiger partial charge in [-0.2, -0.15) is 18.2 Å². The van der Waals surface area contributed by atoms with Crippen molar-refractivity contribution in [2.24, 2.45) is 0 Å². The van der Waals surface area contributed by atoms with Crippen LogP contribution >= 0.6 is 0 Å². The van der Waals surface area contributed by atoms with E-state index in [0.29, 0.717) is 24.6 Å². The van der Waals surface area contributed by atoms with E-state index in [2.05, 4.69) is 15.6 Å². The molecule has 5 aromatic rings. The zero-order valence-corrected chi connectivity index (χ0v) is 25.0. The van der Waals surface area contributed by atoms with Crippen LogP contribution in [0.4, 0.5) is 30.6 Å². The summed E-state index contributed by atoms with van der Waals surface area (Å²) < 4.78 is 47.2. The number of para-hydroxylation sites is 1. The molecule has 0 saturated carbocycles. The number of oxazole rings is 1. The predicted molar refractivity (Wildman–Crippen MR) is 171 cm³/mol. The molecule has 0 spiro atoms. The normalized spacial score (nSPS) is 13.8. The molecule has 2 heterocycles. The van der Waals surface area contributed by atoms with Gasteiger partial charge in [0.05, 0.1) is 0 Å². The molecule has 1 aromatic heterocycles. The van der Waals surface area contributed by atoms with Crippen molar-refractivity contribution >= 4 is 29.2 Å². The first-order valence-electron chi connectivity index (χ1n) is 14.9. The fraction of sp³-hybridized carbons (Fsp3) is 0.194. The highest BCUT2D eigenvalue weighted by atomic mass is 19.4. The maximum atomic E-state index is 13.9. The van der Waals surface area contributed by atoms with Crippen LogP contribution in [-0.2, 0) is 6.18 Å². The topological polar surface area (TPSA) is 87.5 Å². The van der Waals surface area contributed by atoms with Crippen molar-refractivity contribution in [2.45, 2.75) is 31.9 Å². The summed E-state index contributed by atoms with van der Waals surface area (Å²) in [5.74, 6) is -1.86. The first kappa shape index (κ1) is 30.6. The molecule has 2 amide bonds. The van der Waals surface area contributed by atoms with Gasteiger partial charge in [0.1, 0.15) is 0 Å². The van der Waals surface area contributed by atoms with E-state index in [4.69, 9.17) is 4.42 Å². The number of rotatable bonds is 7. The summed E-state index contributed by atoms with van der Waals surface area (Å²) in [6, 6.07) is 30.9. The Bertz CT molecular complexity index is 1830. The second-order valence-electron chi connectivity index (χ2n) is 11.2. The minimum Gasteiger partial charge on any atom is -0.417 e. The third-order valence-corrected chi connectivity index (χ3v) is 8.14. The van der Waals surface area contributed by atoms with Gasteiger partial charge < -0.3 is 20.0 Å². The molecule has 1 fully saturated rings. The molecule has 0 unspecified atom stereocenters. The molecule has 7 nitrogen and oxygen atoms in total. The summed E-state index contributed by atoms with van der Waals surface area (Å²) in [7, 11) is 0. The molecule has 234 valence electrons. The van der Waals surface area contributed by atoms with E-state index in [0.717, 1.165) is 35.2 Å². The maximum absolute atomic E-state index is 13.9. The molecule has 4 aromatic carbocycles. The molecule has 0 bridgehead atoms. The number of piperidine rings is 1. The number of anilines is 3. The number of aromatic nitrogens is 1. The zero-order valence-electron chi connectivity index (χ0n) is 25.0. The van der Waals surface area contributed by atoms with Crippen LogP contribution in [0.3, 0.4) is 0 Å². The van der Waals surface area contributed by atoms with Gasteiger partial charge in [-0.15, -0.1) is 0 Å². The molecule has 0 atom stereocenters. The van der Waals surface area contributed by atoms with Gasteiger partial charge in [-0.3, -0.25) is 9.59 Å². The lowest BCUT2D eigenvalue weighted by molar-refractivity contribution is -0.141. The number of nitrogens with zero attached hydrogens (tertiary/aromatic N) is 2. The van der Waals surface area contributed by atoms with Gasteiger partial charge in [0, 0.05) is 30.0 Å². The van der Waals surface area contributed by atoms with Crippen LogP contribution in [0.5, 0.6) is 0 Å². The summed E-state index contributed by atoms with van der Waals surface area (Å²) >= 11 is 0. The fourth-order valence-corrected chi connectivity index (χ4v) is 5.57. The van der Waals surface area contributed by atoms with Crippen molar-refractivity contribution in [3.8, 4) is 11.1 Å². The molecular weight excluding hydrogens is 593 g/mol. The Morgan fingerprint density at radius 3 is 2.02 bits per heavy atom. The number of aryl methyl sites for hydroxylation is 1. The molecule has 1 aliphatic rings. The van der Waals surface area contributed by atoms with Crippen molar-refractivity contribution in [2.75, 3.05) is 28.6 Å². The van der Waals surface area contributed by atoms with Crippen molar-refractivity contribution in [3.05, 3.63) is 131 Å². The number of carbonyl (C=O) groups excluding carboxylic acids is 2. The van der Waals surface area contributed by atoms with E-state index in [1.807, 2.05) is 61.5 Å². The molecule has 46 heavy (non-hydrogen) atoms. The van der Waals surface area contributed by atoms with Crippen LogP contribution in [0.1, 0.15) is 56.5 Å². The largest absolute Gasteiger partial charge is 0.437 e. The van der Waals surface area contributed by atoms with Gasteiger partial charge >= 0.3 is 6.18 Å². The number of benzene rings is 4. The number of hydrogen-bond donors (Lipinski definition) is 2. The number of carbonyl (C=O) groups is 2. The number of nitrogens with one attached hydrogen (secondary N) is 2. The summed E-state index contributed by atoms with van der Waals surface area (Å²) in [5, 5.41) is 5.40. The molecule has 2 N–H and O–H groups in total. The quantitative estimate of drug-likeness (QED) is 0.190. The second-order valence-corrected chi connectivity index (χ2v) is 11.2. The highest BCUT2D eigenvalue weighted by molar-refractivity contribution is 6.05. The fourth-order valence-electron chi connectivity index (χ4n) is 5.57. The van der Waals surface area contributed by atoms with Crippen LogP contribution < -0.4 is 15.5 Å². The average Bonchev–Trinajstić information content (AvgIpc) is 3.54. The third kappa shape index (κ3) is 6.81. The molecule has 0 aliphatic carbocycles. The van der Waals surface area contributed by atoms with E-state index in [1.54, 1.807) is 53.4 Å². The van der Waals surface area contributed by atoms with E-state index < -0.39 is 23.5 Å². The van der Waals surface area contributed by atoms with Crippen LogP contribution in [0, 0.1) is 6.92 Å². The Kier molecular flexibility index (Phi) is 8.61. The standard InChI is InChI=1S/C36H31F3N4O3/c1-23-7-5-6-10-30(23)41-33(44)28-13-11-25(12-14-28)26-15-17-29(18-16-26)40-34(45)31-32(36(37,38)39)42-35(46-31)43-21-19-27(20-22-43)24-8-3-2-4-9-24/h2-18,27H,19-22H2,1H3,(H,40,45)(H,41,44). The lowest BCUT2D eigenvalue weighted by atomic mass is 9.90. The average molecular weight is 625 g/mol. The van der Waals surface area contributed by atoms with Crippen molar-refractivity contribution < 1.29 is 27.2 Å². The minimum absolute atomic E-state index is 0.213. The third-order valence-electron chi connectivity index (χ3n) is 8.14. The van der Waals surface area contributed by atoms with E-state index in [-0.39, 0.29) is 17.6 Å².